The van der Waals surface area contributed by atoms with Crippen molar-refractivity contribution in [1.29, 1.82) is 0 Å². The van der Waals surface area contributed by atoms with Crippen LogP contribution >= 0.6 is 23.2 Å². The van der Waals surface area contributed by atoms with E-state index in [2.05, 4.69) is 10.6 Å². The summed E-state index contributed by atoms with van der Waals surface area (Å²) in [5.74, 6) is 0.545. The Hall–Kier alpha value is -3.33. The number of nitrogens with zero attached hydrogens (tertiary/aromatic N) is 2. The summed E-state index contributed by atoms with van der Waals surface area (Å²) in [6, 6.07) is 13.2. The molecule has 0 radical (unpaired) electrons. The summed E-state index contributed by atoms with van der Waals surface area (Å²) in [4.78, 5) is 25.5. The maximum Gasteiger partial charge on any atom is 0.294 e. The molecule has 0 saturated carbocycles. The second kappa shape index (κ2) is 10.1. The monoisotopic (exact) mass is 486 g/mol. The average molecular weight is 487 g/mol. The minimum Gasteiger partial charge on any atom is -0.457 e. The first-order chi connectivity index (χ1) is 15.9. The van der Waals surface area contributed by atoms with Crippen molar-refractivity contribution in [3.63, 3.8) is 0 Å². The maximum absolute atomic E-state index is 12.4. The van der Waals surface area contributed by atoms with Crippen molar-refractivity contribution in [3.05, 3.63) is 80.5 Å². The van der Waals surface area contributed by atoms with Crippen LogP contribution < -0.4 is 15.5 Å². The van der Waals surface area contributed by atoms with Gasteiger partial charge in [-0.3, -0.25) is 14.9 Å². The van der Waals surface area contributed by atoms with E-state index in [-0.39, 0.29) is 5.69 Å². The fourth-order valence-electron chi connectivity index (χ4n) is 3.54. The highest BCUT2D eigenvalue weighted by Crippen LogP contribution is 2.33. The minimum atomic E-state index is -0.443. The highest BCUT2D eigenvalue weighted by molar-refractivity contribution is 6.36. The number of anilines is 2. The standard InChI is InChI=1S/C23H20Cl2N4O4/c24-15-1-5-18(19(25)13-15)22-7-3-17(33-22)4-8-23(30)27-16-2-6-20(21(14-16)29(31)32)28-11-9-26-10-12-28/h1-8,13-14,26H,9-12H2,(H,27,30)/b8-4+. The number of amides is 1. The fraction of sp³-hybridized carbons (Fsp3) is 0.174. The molecule has 1 amide bonds. The molecule has 0 unspecified atom stereocenters. The van der Waals surface area contributed by atoms with Crippen molar-refractivity contribution in [1.82, 2.24) is 5.32 Å². The van der Waals surface area contributed by atoms with Gasteiger partial charge < -0.3 is 20.0 Å². The van der Waals surface area contributed by atoms with E-state index in [0.717, 1.165) is 13.1 Å². The number of nitrogens with one attached hydrogen (secondary N) is 2. The minimum absolute atomic E-state index is 0.0470. The van der Waals surface area contributed by atoms with E-state index in [4.69, 9.17) is 27.6 Å². The third kappa shape index (κ3) is 5.54. The molecular weight excluding hydrogens is 467 g/mol. The first-order valence-electron chi connectivity index (χ1n) is 10.2. The van der Waals surface area contributed by atoms with Gasteiger partial charge in [0.1, 0.15) is 17.2 Å². The number of furan rings is 1. The molecule has 1 aliphatic rings. The lowest BCUT2D eigenvalue weighted by molar-refractivity contribution is -0.384. The zero-order valence-corrected chi connectivity index (χ0v) is 18.9. The summed E-state index contributed by atoms with van der Waals surface area (Å²) in [5.41, 5.74) is 1.51. The van der Waals surface area contributed by atoms with Crippen LogP contribution in [0, 0.1) is 10.1 Å². The molecule has 170 valence electrons. The Morgan fingerprint density at radius 2 is 1.91 bits per heavy atom. The molecular formula is C23H20Cl2N4O4. The first-order valence-corrected chi connectivity index (χ1v) is 10.9. The van der Waals surface area contributed by atoms with Gasteiger partial charge in [-0.1, -0.05) is 23.2 Å². The number of piperazine rings is 1. The maximum atomic E-state index is 12.4. The van der Waals surface area contributed by atoms with Crippen LogP contribution in [0.4, 0.5) is 17.1 Å². The summed E-state index contributed by atoms with van der Waals surface area (Å²) in [6.45, 7) is 2.89. The van der Waals surface area contributed by atoms with Crippen LogP contribution in [-0.4, -0.2) is 37.0 Å². The van der Waals surface area contributed by atoms with E-state index in [0.29, 0.717) is 51.6 Å². The Bertz CT molecular complexity index is 1220. The number of hydrogen-bond acceptors (Lipinski definition) is 6. The van der Waals surface area contributed by atoms with Gasteiger partial charge in [-0.15, -0.1) is 0 Å². The number of nitro groups is 1. The van der Waals surface area contributed by atoms with E-state index >= 15 is 0 Å². The zero-order valence-electron chi connectivity index (χ0n) is 17.4. The van der Waals surface area contributed by atoms with Gasteiger partial charge in [0.25, 0.3) is 5.69 Å². The highest BCUT2D eigenvalue weighted by Gasteiger charge is 2.21. The lowest BCUT2D eigenvalue weighted by atomic mass is 10.2. The SMILES string of the molecule is O=C(/C=C/c1ccc(-c2ccc(Cl)cc2Cl)o1)Nc1ccc(N2CCNCC2)c([N+](=O)[O-])c1. The molecule has 8 nitrogen and oxygen atoms in total. The fourth-order valence-corrected chi connectivity index (χ4v) is 4.04. The molecule has 4 rings (SSSR count). The molecule has 2 N–H and O–H groups in total. The van der Waals surface area contributed by atoms with Crippen LogP contribution in [-0.2, 0) is 4.79 Å². The quantitative estimate of drug-likeness (QED) is 0.281. The molecule has 0 aliphatic carbocycles. The molecule has 1 aromatic heterocycles. The summed E-state index contributed by atoms with van der Waals surface area (Å²) >= 11 is 12.1. The van der Waals surface area contributed by atoms with Gasteiger partial charge in [0.2, 0.25) is 5.91 Å². The van der Waals surface area contributed by atoms with Crippen molar-refractivity contribution in [2.75, 3.05) is 36.4 Å². The second-order valence-corrected chi connectivity index (χ2v) is 8.19. The first kappa shape index (κ1) is 22.8. The number of benzene rings is 2. The van der Waals surface area contributed by atoms with E-state index in [1.165, 1.54) is 18.2 Å². The van der Waals surface area contributed by atoms with Crippen molar-refractivity contribution >= 4 is 52.2 Å². The van der Waals surface area contributed by atoms with Crippen molar-refractivity contribution in [3.8, 4) is 11.3 Å². The predicted octanol–water partition coefficient (Wildman–Crippen LogP) is 5.22. The molecule has 10 heteroatoms. The van der Waals surface area contributed by atoms with E-state index < -0.39 is 10.8 Å². The van der Waals surface area contributed by atoms with Gasteiger partial charge in [0.15, 0.2) is 0 Å². The van der Waals surface area contributed by atoms with E-state index in [1.54, 1.807) is 42.5 Å². The van der Waals surface area contributed by atoms with Crippen LogP contribution in [0.25, 0.3) is 17.4 Å². The van der Waals surface area contributed by atoms with Crippen molar-refractivity contribution < 1.29 is 14.1 Å². The van der Waals surface area contributed by atoms with Crippen LogP contribution in [0.1, 0.15) is 5.76 Å². The lowest BCUT2D eigenvalue weighted by Crippen LogP contribution is -2.43. The number of rotatable bonds is 6. The smallest absolute Gasteiger partial charge is 0.294 e. The number of nitro benzene ring substituents is 1. The number of carbonyl (C=O) groups excluding carboxylic acids is 1. The predicted molar refractivity (Wildman–Crippen MR) is 130 cm³/mol. The van der Waals surface area contributed by atoms with Crippen molar-refractivity contribution in [2.24, 2.45) is 0 Å². The van der Waals surface area contributed by atoms with Gasteiger partial charge in [-0.25, -0.2) is 0 Å². The normalized spacial score (nSPS) is 13.9. The molecule has 2 aromatic carbocycles. The molecule has 3 aromatic rings. The summed E-state index contributed by atoms with van der Waals surface area (Å²) in [7, 11) is 0. The third-order valence-corrected chi connectivity index (χ3v) is 5.67. The zero-order chi connectivity index (χ0) is 23.4. The average Bonchev–Trinajstić information content (AvgIpc) is 3.27. The molecule has 1 fully saturated rings. The van der Waals surface area contributed by atoms with Crippen LogP contribution in [0.2, 0.25) is 10.0 Å². The van der Waals surface area contributed by atoms with Crippen LogP contribution in [0.3, 0.4) is 0 Å². The summed E-state index contributed by atoms with van der Waals surface area (Å²) in [5, 5.41) is 18.4. The Labute approximate surface area is 199 Å². The molecule has 33 heavy (non-hydrogen) atoms. The van der Waals surface area contributed by atoms with Gasteiger partial charge in [0.05, 0.1) is 9.95 Å². The molecule has 0 bridgehead atoms. The topological polar surface area (TPSA) is 101 Å². The Morgan fingerprint density at radius 1 is 1.12 bits per heavy atom. The highest BCUT2D eigenvalue weighted by atomic mass is 35.5. The molecule has 1 aliphatic heterocycles. The number of carbonyl (C=O) groups is 1. The van der Waals surface area contributed by atoms with Gasteiger partial charge in [-0.05, 0) is 48.5 Å². The largest absolute Gasteiger partial charge is 0.457 e. The van der Waals surface area contributed by atoms with Gasteiger partial charge >= 0.3 is 0 Å². The third-order valence-electron chi connectivity index (χ3n) is 5.12. The Balaban J connectivity index is 1.45. The van der Waals surface area contributed by atoms with Gasteiger partial charge in [0, 0.05) is 54.6 Å². The molecule has 1 saturated heterocycles. The second-order valence-electron chi connectivity index (χ2n) is 7.35. The van der Waals surface area contributed by atoms with Crippen LogP contribution in [0.5, 0.6) is 0 Å². The Kier molecular flexibility index (Phi) is 6.98. The summed E-state index contributed by atoms with van der Waals surface area (Å²) < 4.78 is 5.73. The van der Waals surface area contributed by atoms with Crippen molar-refractivity contribution in [2.45, 2.75) is 0 Å². The summed E-state index contributed by atoms with van der Waals surface area (Å²) in [6.07, 6.45) is 2.80. The Morgan fingerprint density at radius 3 is 2.64 bits per heavy atom. The van der Waals surface area contributed by atoms with Gasteiger partial charge in [-0.2, -0.15) is 0 Å². The molecule has 0 spiro atoms. The van der Waals surface area contributed by atoms with E-state index in [1.807, 2.05) is 4.90 Å². The lowest BCUT2D eigenvalue weighted by Gasteiger charge is -2.29. The van der Waals surface area contributed by atoms with Crippen LogP contribution in [0.15, 0.2) is 59.0 Å². The molecule has 2 heterocycles. The number of halogens is 2. The van der Waals surface area contributed by atoms with E-state index in [9.17, 15) is 14.9 Å². The molecule has 0 atom stereocenters. The number of hydrogen-bond donors (Lipinski definition) is 2.